The van der Waals surface area contributed by atoms with Crippen LogP contribution in [0.25, 0.3) is 10.6 Å². The third-order valence-corrected chi connectivity index (χ3v) is 6.54. The zero-order chi connectivity index (χ0) is 14.2. The van der Waals surface area contributed by atoms with E-state index in [9.17, 15) is 0 Å². The van der Waals surface area contributed by atoms with Crippen molar-refractivity contribution in [1.29, 1.82) is 0 Å². The number of thiophene rings is 1. The number of rotatable bonds is 3. The Morgan fingerprint density at radius 1 is 1.45 bits per heavy atom. The Bertz CT molecular complexity index is 587. The van der Waals surface area contributed by atoms with Crippen LogP contribution in [0.1, 0.15) is 49.4 Å². The number of hydrogen-bond acceptors (Lipinski definition) is 4. The Balaban J connectivity index is 1.86. The normalized spacial score (nSPS) is 26.9. The van der Waals surface area contributed by atoms with Crippen LogP contribution in [-0.4, -0.2) is 4.98 Å². The van der Waals surface area contributed by atoms with Crippen molar-refractivity contribution >= 4 is 22.7 Å². The summed E-state index contributed by atoms with van der Waals surface area (Å²) in [7, 11) is 0. The second-order valence-electron chi connectivity index (χ2n) is 6.02. The summed E-state index contributed by atoms with van der Waals surface area (Å²) in [5, 5.41) is 3.31. The molecule has 1 saturated carbocycles. The van der Waals surface area contributed by atoms with Crippen LogP contribution in [0.15, 0.2) is 17.5 Å². The molecular weight excluding hydrogens is 284 g/mol. The summed E-state index contributed by atoms with van der Waals surface area (Å²) < 4.78 is 0. The van der Waals surface area contributed by atoms with E-state index in [2.05, 4.69) is 31.4 Å². The van der Waals surface area contributed by atoms with Gasteiger partial charge in [-0.25, -0.2) is 4.98 Å². The van der Waals surface area contributed by atoms with Gasteiger partial charge >= 0.3 is 0 Å². The zero-order valence-electron chi connectivity index (χ0n) is 12.2. The van der Waals surface area contributed by atoms with Crippen molar-refractivity contribution in [2.75, 3.05) is 0 Å². The van der Waals surface area contributed by atoms with E-state index in [1.165, 1.54) is 22.6 Å². The molecule has 2 nitrogen and oxygen atoms in total. The van der Waals surface area contributed by atoms with E-state index in [1.807, 2.05) is 11.3 Å². The van der Waals surface area contributed by atoms with Crippen molar-refractivity contribution in [2.45, 2.75) is 51.5 Å². The molecule has 1 fully saturated rings. The molecule has 0 radical (unpaired) electrons. The summed E-state index contributed by atoms with van der Waals surface area (Å²) in [5.74, 6) is 0.717. The van der Waals surface area contributed by atoms with Crippen LogP contribution in [-0.2, 0) is 12.0 Å². The lowest BCUT2D eigenvalue weighted by Crippen LogP contribution is -2.40. The molecule has 2 heterocycles. The van der Waals surface area contributed by atoms with Gasteiger partial charge in [0, 0.05) is 10.3 Å². The standard InChI is InChI=1S/C16H22N2S2/c1-3-12-6-7-14(20-12)13-10-19-15(18-13)16(17)8-4-5-11(2)9-16/h6-7,10-11H,3-5,8-9,17H2,1-2H3. The number of aromatic nitrogens is 1. The van der Waals surface area contributed by atoms with E-state index in [-0.39, 0.29) is 5.54 Å². The van der Waals surface area contributed by atoms with Crippen LogP contribution in [0.5, 0.6) is 0 Å². The second-order valence-corrected chi connectivity index (χ2v) is 8.04. The summed E-state index contributed by atoms with van der Waals surface area (Å²) in [5.41, 5.74) is 7.56. The number of hydrogen-bond donors (Lipinski definition) is 1. The Kier molecular flexibility index (Phi) is 3.98. The molecule has 2 unspecified atom stereocenters. The van der Waals surface area contributed by atoms with Gasteiger partial charge in [-0.05, 0) is 37.3 Å². The summed E-state index contributed by atoms with van der Waals surface area (Å²) in [6.45, 7) is 4.50. The maximum atomic E-state index is 6.64. The topological polar surface area (TPSA) is 38.9 Å². The van der Waals surface area contributed by atoms with Crippen molar-refractivity contribution in [3.05, 3.63) is 27.4 Å². The van der Waals surface area contributed by atoms with Gasteiger partial charge in [0.1, 0.15) is 5.01 Å². The number of nitrogens with zero attached hydrogens (tertiary/aromatic N) is 1. The van der Waals surface area contributed by atoms with E-state index in [0.29, 0.717) is 0 Å². The van der Waals surface area contributed by atoms with Gasteiger partial charge in [0.25, 0.3) is 0 Å². The fourth-order valence-corrected chi connectivity index (χ4v) is 5.06. The van der Waals surface area contributed by atoms with Gasteiger partial charge in [-0.2, -0.15) is 0 Å². The molecule has 0 spiro atoms. The van der Waals surface area contributed by atoms with E-state index < -0.39 is 0 Å². The molecule has 2 aromatic rings. The minimum Gasteiger partial charge on any atom is -0.319 e. The molecule has 2 atom stereocenters. The average molecular weight is 306 g/mol. The molecule has 1 aliphatic rings. The molecule has 0 amide bonds. The van der Waals surface area contributed by atoms with Gasteiger partial charge in [0.05, 0.1) is 16.1 Å². The maximum absolute atomic E-state index is 6.64. The van der Waals surface area contributed by atoms with Crippen molar-refractivity contribution in [2.24, 2.45) is 11.7 Å². The van der Waals surface area contributed by atoms with Crippen LogP contribution in [0.4, 0.5) is 0 Å². The first-order chi connectivity index (χ1) is 9.60. The van der Waals surface area contributed by atoms with Crippen molar-refractivity contribution in [1.82, 2.24) is 4.98 Å². The highest BCUT2D eigenvalue weighted by molar-refractivity contribution is 7.16. The van der Waals surface area contributed by atoms with Gasteiger partial charge in [0.2, 0.25) is 0 Å². The number of thiazole rings is 1. The predicted octanol–water partition coefficient (Wildman–Crippen LogP) is 4.80. The lowest BCUT2D eigenvalue weighted by molar-refractivity contribution is 0.238. The smallest absolute Gasteiger partial charge is 0.113 e. The summed E-state index contributed by atoms with van der Waals surface area (Å²) in [4.78, 5) is 7.56. The van der Waals surface area contributed by atoms with Crippen molar-refractivity contribution < 1.29 is 0 Å². The maximum Gasteiger partial charge on any atom is 0.113 e. The number of nitrogens with two attached hydrogens (primary N) is 1. The molecule has 2 N–H and O–H groups in total. The molecule has 1 aliphatic carbocycles. The highest BCUT2D eigenvalue weighted by Gasteiger charge is 2.35. The van der Waals surface area contributed by atoms with Gasteiger partial charge in [-0.3, -0.25) is 0 Å². The van der Waals surface area contributed by atoms with Crippen LogP contribution in [0, 0.1) is 5.92 Å². The molecule has 108 valence electrons. The molecule has 3 rings (SSSR count). The van der Waals surface area contributed by atoms with E-state index in [4.69, 9.17) is 10.7 Å². The van der Waals surface area contributed by atoms with Crippen LogP contribution in [0.3, 0.4) is 0 Å². The third kappa shape index (κ3) is 2.69. The minimum atomic E-state index is -0.189. The Labute approximate surface area is 129 Å². The van der Waals surface area contributed by atoms with E-state index in [1.54, 1.807) is 11.3 Å². The Hall–Kier alpha value is -0.710. The molecule has 2 aromatic heterocycles. The van der Waals surface area contributed by atoms with Crippen molar-refractivity contribution in [3.63, 3.8) is 0 Å². The molecular formula is C16H22N2S2. The third-order valence-electron chi connectivity index (χ3n) is 4.23. The van der Waals surface area contributed by atoms with Gasteiger partial charge in [-0.15, -0.1) is 22.7 Å². The van der Waals surface area contributed by atoms with Gasteiger partial charge < -0.3 is 5.73 Å². The largest absolute Gasteiger partial charge is 0.319 e. The first kappa shape index (κ1) is 14.2. The molecule has 0 aromatic carbocycles. The van der Waals surface area contributed by atoms with Gasteiger partial charge in [0.15, 0.2) is 0 Å². The predicted molar refractivity (Wildman–Crippen MR) is 88.3 cm³/mol. The van der Waals surface area contributed by atoms with E-state index >= 15 is 0 Å². The van der Waals surface area contributed by atoms with E-state index in [0.717, 1.165) is 35.9 Å². The first-order valence-corrected chi connectivity index (χ1v) is 9.14. The lowest BCUT2D eigenvalue weighted by Gasteiger charge is -2.35. The van der Waals surface area contributed by atoms with Crippen molar-refractivity contribution in [3.8, 4) is 10.6 Å². The average Bonchev–Trinajstić information content (AvgIpc) is 3.07. The second kappa shape index (κ2) is 5.58. The quantitative estimate of drug-likeness (QED) is 0.884. The van der Waals surface area contributed by atoms with Crippen LogP contribution in [0.2, 0.25) is 0 Å². The highest BCUT2D eigenvalue weighted by atomic mass is 32.1. The molecule has 4 heteroatoms. The summed E-state index contributed by atoms with van der Waals surface area (Å²) >= 11 is 3.59. The molecule has 0 aliphatic heterocycles. The number of aryl methyl sites for hydroxylation is 1. The van der Waals surface area contributed by atoms with Crippen LogP contribution < -0.4 is 5.73 Å². The zero-order valence-corrected chi connectivity index (χ0v) is 13.8. The Morgan fingerprint density at radius 2 is 2.30 bits per heavy atom. The molecule has 0 saturated heterocycles. The fourth-order valence-electron chi connectivity index (χ4n) is 3.11. The summed E-state index contributed by atoms with van der Waals surface area (Å²) in [6, 6.07) is 4.40. The van der Waals surface area contributed by atoms with Crippen LogP contribution >= 0.6 is 22.7 Å². The minimum absolute atomic E-state index is 0.189. The first-order valence-electron chi connectivity index (χ1n) is 7.44. The monoisotopic (exact) mass is 306 g/mol. The molecule has 0 bridgehead atoms. The lowest BCUT2D eigenvalue weighted by atomic mass is 9.77. The highest BCUT2D eigenvalue weighted by Crippen LogP contribution is 2.40. The molecule has 20 heavy (non-hydrogen) atoms. The Morgan fingerprint density at radius 3 is 3.00 bits per heavy atom. The van der Waals surface area contributed by atoms with Gasteiger partial charge in [-0.1, -0.05) is 26.7 Å². The SMILES string of the molecule is CCc1ccc(-c2csc(C3(N)CCCC(C)C3)n2)s1. The fraction of sp³-hybridized carbons (Fsp3) is 0.562. The summed E-state index contributed by atoms with van der Waals surface area (Å²) in [6.07, 6.45) is 5.78.